The molecule has 0 spiro atoms. The van der Waals surface area contributed by atoms with Crippen LogP contribution in [0.2, 0.25) is 0 Å². The number of nitrogens with zero attached hydrogens (tertiary/aromatic N) is 2. The van der Waals surface area contributed by atoms with Crippen molar-refractivity contribution >= 4 is 0 Å². The molecule has 0 aromatic carbocycles. The van der Waals surface area contributed by atoms with Crippen molar-refractivity contribution in [2.24, 2.45) is 5.92 Å². The lowest BCUT2D eigenvalue weighted by Gasteiger charge is -2.01. The van der Waals surface area contributed by atoms with Crippen molar-refractivity contribution in [3.63, 3.8) is 0 Å². The molecule has 0 aliphatic heterocycles. The summed E-state index contributed by atoms with van der Waals surface area (Å²) < 4.78 is 0. The normalized spacial score (nSPS) is 10.5. The Kier molecular flexibility index (Phi) is 2.58. The molecule has 1 radical (unpaired) electrons. The fourth-order valence-electron chi connectivity index (χ4n) is 0.898. The highest BCUT2D eigenvalue weighted by Crippen LogP contribution is 2.02. The molecule has 0 N–H and O–H groups in total. The van der Waals surface area contributed by atoms with E-state index in [0.29, 0.717) is 5.92 Å². The van der Waals surface area contributed by atoms with Gasteiger partial charge in [-0.15, -0.1) is 0 Å². The van der Waals surface area contributed by atoms with Crippen molar-refractivity contribution in [1.82, 2.24) is 9.97 Å². The molecule has 2 heteroatoms. The lowest BCUT2D eigenvalue weighted by atomic mass is 10.1. The Balaban J connectivity index is 2.66. The van der Waals surface area contributed by atoms with E-state index < -0.39 is 0 Å². The SMILES string of the molecule is Cc1[c]nc(CC(C)C)cn1. The highest BCUT2D eigenvalue weighted by Gasteiger charge is 1.98. The molecule has 0 bridgehead atoms. The van der Waals surface area contributed by atoms with Gasteiger partial charge in [-0.25, -0.2) is 4.98 Å². The molecule has 0 aliphatic rings. The average molecular weight is 149 g/mol. The third-order valence-corrected chi connectivity index (χ3v) is 1.39. The number of aromatic nitrogens is 2. The number of aryl methyl sites for hydroxylation is 1. The molecule has 1 rings (SSSR count). The van der Waals surface area contributed by atoms with Gasteiger partial charge in [0.15, 0.2) is 0 Å². The fraction of sp³-hybridized carbons (Fsp3) is 0.556. The molecule has 0 fully saturated rings. The van der Waals surface area contributed by atoms with Gasteiger partial charge in [0.25, 0.3) is 0 Å². The predicted octanol–water partition coefficient (Wildman–Crippen LogP) is 1.78. The van der Waals surface area contributed by atoms with Crippen molar-refractivity contribution in [2.45, 2.75) is 27.2 Å². The fourth-order valence-corrected chi connectivity index (χ4v) is 0.898. The van der Waals surface area contributed by atoms with E-state index in [1.165, 1.54) is 0 Å². The summed E-state index contributed by atoms with van der Waals surface area (Å²) in [7, 11) is 0. The minimum Gasteiger partial charge on any atom is -0.257 e. The minimum atomic E-state index is 0.639. The molecule has 11 heavy (non-hydrogen) atoms. The maximum Gasteiger partial charge on any atom is 0.112 e. The van der Waals surface area contributed by atoms with E-state index in [2.05, 4.69) is 30.0 Å². The lowest BCUT2D eigenvalue weighted by Crippen LogP contribution is -1.98. The van der Waals surface area contributed by atoms with E-state index in [1.54, 1.807) is 0 Å². The minimum absolute atomic E-state index is 0.639. The van der Waals surface area contributed by atoms with Crippen LogP contribution >= 0.6 is 0 Å². The first-order valence-electron chi connectivity index (χ1n) is 3.88. The molecule has 0 saturated carbocycles. The molecule has 0 unspecified atom stereocenters. The van der Waals surface area contributed by atoms with Crippen molar-refractivity contribution in [1.29, 1.82) is 0 Å². The smallest absolute Gasteiger partial charge is 0.112 e. The molecule has 0 saturated heterocycles. The van der Waals surface area contributed by atoms with E-state index in [-0.39, 0.29) is 0 Å². The molecule has 0 atom stereocenters. The second-order valence-electron chi connectivity index (χ2n) is 3.16. The first-order chi connectivity index (χ1) is 5.18. The molecule has 1 heterocycles. The summed E-state index contributed by atoms with van der Waals surface area (Å²) >= 11 is 0. The Hall–Kier alpha value is -0.920. The van der Waals surface area contributed by atoms with Gasteiger partial charge in [0, 0.05) is 6.20 Å². The number of hydrogen-bond donors (Lipinski definition) is 0. The van der Waals surface area contributed by atoms with Crippen molar-refractivity contribution in [2.75, 3.05) is 0 Å². The summed E-state index contributed by atoms with van der Waals surface area (Å²) in [5, 5.41) is 0. The second kappa shape index (κ2) is 3.46. The van der Waals surface area contributed by atoms with Crippen LogP contribution in [0.4, 0.5) is 0 Å². The summed E-state index contributed by atoms with van der Waals surface area (Å²) in [5.41, 5.74) is 1.89. The van der Waals surface area contributed by atoms with E-state index >= 15 is 0 Å². The summed E-state index contributed by atoms with van der Waals surface area (Å²) in [5.74, 6) is 0.639. The van der Waals surface area contributed by atoms with Crippen LogP contribution in [0.25, 0.3) is 0 Å². The second-order valence-corrected chi connectivity index (χ2v) is 3.16. The van der Waals surface area contributed by atoms with Crippen LogP contribution in [0.1, 0.15) is 25.2 Å². The molecule has 2 nitrogen and oxygen atoms in total. The largest absolute Gasteiger partial charge is 0.257 e. The number of rotatable bonds is 2. The zero-order chi connectivity index (χ0) is 8.27. The highest BCUT2D eigenvalue weighted by atomic mass is 14.8. The van der Waals surface area contributed by atoms with Gasteiger partial charge in [-0.2, -0.15) is 0 Å². The summed E-state index contributed by atoms with van der Waals surface area (Å²) in [6.45, 7) is 6.23. The van der Waals surface area contributed by atoms with E-state index in [1.807, 2.05) is 13.1 Å². The Morgan fingerprint density at radius 2 is 2.27 bits per heavy atom. The van der Waals surface area contributed by atoms with Crippen LogP contribution < -0.4 is 0 Å². The standard InChI is InChI=1S/C9H13N2/c1-7(2)4-9-6-10-8(3)5-11-9/h6-7H,4H2,1-3H3. The first-order valence-corrected chi connectivity index (χ1v) is 3.88. The van der Waals surface area contributed by atoms with Crippen LogP contribution in [0.3, 0.4) is 0 Å². The van der Waals surface area contributed by atoms with E-state index in [0.717, 1.165) is 17.8 Å². The summed E-state index contributed by atoms with van der Waals surface area (Å²) in [6, 6.07) is 0. The van der Waals surface area contributed by atoms with Gasteiger partial charge in [0.2, 0.25) is 0 Å². The molecule has 0 aliphatic carbocycles. The van der Waals surface area contributed by atoms with Crippen molar-refractivity contribution in [3.8, 4) is 0 Å². The Morgan fingerprint density at radius 1 is 1.55 bits per heavy atom. The van der Waals surface area contributed by atoms with Crippen LogP contribution in [0.5, 0.6) is 0 Å². The van der Waals surface area contributed by atoms with Gasteiger partial charge >= 0.3 is 0 Å². The highest BCUT2D eigenvalue weighted by molar-refractivity contribution is 4.99. The molecule has 0 amide bonds. The molecule has 59 valence electrons. The molecule has 1 aromatic rings. The van der Waals surface area contributed by atoms with Gasteiger partial charge in [-0.3, -0.25) is 4.98 Å². The summed E-state index contributed by atoms with van der Waals surface area (Å²) in [4.78, 5) is 8.25. The van der Waals surface area contributed by atoms with Crippen LogP contribution in [0.15, 0.2) is 6.20 Å². The quantitative estimate of drug-likeness (QED) is 0.640. The molecular formula is C9H13N2. The van der Waals surface area contributed by atoms with Gasteiger partial charge in [-0.1, -0.05) is 13.8 Å². The lowest BCUT2D eigenvalue weighted by molar-refractivity contribution is 0.632. The predicted molar refractivity (Wildman–Crippen MR) is 44.1 cm³/mol. The maximum atomic E-state index is 4.13. The Labute approximate surface area is 67.7 Å². The van der Waals surface area contributed by atoms with E-state index in [4.69, 9.17) is 0 Å². The molecular weight excluding hydrogens is 136 g/mol. The first kappa shape index (κ1) is 8.18. The van der Waals surface area contributed by atoms with Gasteiger partial charge < -0.3 is 0 Å². The molecule has 1 aromatic heterocycles. The van der Waals surface area contributed by atoms with Crippen LogP contribution in [-0.4, -0.2) is 9.97 Å². The third kappa shape index (κ3) is 2.66. The summed E-state index contributed by atoms with van der Waals surface area (Å²) in [6.07, 6.45) is 5.66. The van der Waals surface area contributed by atoms with Crippen molar-refractivity contribution in [3.05, 3.63) is 23.8 Å². The maximum absolute atomic E-state index is 4.13. The third-order valence-electron chi connectivity index (χ3n) is 1.39. The zero-order valence-electron chi connectivity index (χ0n) is 7.26. The number of hydrogen-bond acceptors (Lipinski definition) is 2. The van der Waals surface area contributed by atoms with Crippen molar-refractivity contribution < 1.29 is 0 Å². The van der Waals surface area contributed by atoms with Crippen LogP contribution in [-0.2, 0) is 6.42 Å². The Bertz CT molecular complexity index is 214. The van der Waals surface area contributed by atoms with Crippen LogP contribution in [0, 0.1) is 19.0 Å². The van der Waals surface area contributed by atoms with Gasteiger partial charge in [-0.05, 0) is 19.3 Å². The Morgan fingerprint density at radius 3 is 2.73 bits per heavy atom. The topological polar surface area (TPSA) is 25.8 Å². The monoisotopic (exact) mass is 149 g/mol. The average Bonchev–Trinajstić information content (AvgIpc) is 1.93. The van der Waals surface area contributed by atoms with E-state index in [9.17, 15) is 0 Å². The van der Waals surface area contributed by atoms with Gasteiger partial charge in [0.1, 0.15) is 6.20 Å². The zero-order valence-corrected chi connectivity index (χ0v) is 7.26. The van der Waals surface area contributed by atoms with Gasteiger partial charge in [0.05, 0.1) is 11.4 Å².